The van der Waals surface area contributed by atoms with Crippen molar-refractivity contribution < 1.29 is 9.53 Å². The molecule has 2 aromatic rings. The van der Waals surface area contributed by atoms with E-state index in [1.54, 1.807) is 6.92 Å². The van der Waals surface area contributed by atoms with Gasteiger partial charge in [-0.3, -0.25) is 0 Å². The molecule has 0 aliphatic carbocycles. The van der Waals surface area contributed by atoms with Crippen molar-refractivity contribution in [3.63, 3.8) is 0 Å². The number of aromatic amines is 1. The summed E-state index contributed by atoms with van der Waals surface area (Å²) in [6.07, 6.45) is 0. The van der Waals surface area contributed by atoms with Gasteiger partial charge in [-0.05, 0) is 26.0 Å². The second kappa shape index (κ2) is 5.40. The lowest BCUT2D eigenvalue weighted by atomic mass is 10.1. The molecular formula is C14H14BrNO2. The third-order valence-corrected chi connectivity index (χ3v) is 3.37. The predicted molar refractivity (Wildman–Crippen MR) is 74.6 cm³/mol. The van der Waals surface area contributed by atoms with Gasteiger partial charge in [-0.1, -0.05) is 34.1 Å². The summed E-state index contributed by atoms with van der Waals surface area (Å²) < 4.78 is 6.01. The summed E-state index contributed by atoms with van der Waals surface area (Å²) in [6, 6.07) is 9.70. The summed E-state index contributed by atoms with van der Waals surface area (Å²) in [4.78, 5) is 15.0. The molecule has 2 rings (SSSR count). The van der Waals surface area contributed by atoms with E-state index in [-0.39, 0.29) is 5.97 Å². The zero-order valence-electron chi connectivity index (χ0n) is 10.3. The van der Waals surface area contributed by atoms with E-state index in [1.807, 2.05) is 37.3 Å². The van der Waals surface area contributed by atoms with E-state index in [0.29, 0.717) is 12.2 Å². The number of nitrogens with one attached hydrogen (secondary N) is 1. The van der Waals surface area contributed by atoms with Crippen LogP contribution in [-0.4, -0.2) is 17.6 Å². The maximum atomic E-state index is 11.7. The number of aromatic nitrogens is 1. The highest BCUT2D eigenvalue weighted by Crippen LogP contribution is 2.28. The summed E-state index contributed by atoms with van der Waals surface area (Å²) >= 11 is 3.50. The molecule has 0 saturated carbocycles. The molecule has 0 fully saturated rings. The monoisotopic (exact) mass is 307 g/mol. The molecular weight excluding hydrogens is 294 g/mol. The smallest absolute Gasteiger partial charge is 0.339 e. The molecule has 0 amide bonds. The average molecular weight is 308 g/mol. The molecule has 18 heavy (non-hydrogen) atoms. The highest BCUT2D eigenvalue weighted by molar-refractivity contribution is 9.10. The van der Waals surface area contributed by atoms with E-state index < -0.39 is 0 Å². The second-order valence-corrected chi connectivity index (χ2v) is 4.78. The average Bonchev–Trinajstić information content (AvgIpc) is 2.72. The normalized spacial score (nSPS) is 10.4. The molecule has 0 bridgehead atoms. The van der Waals surface area contributed by atoms with Gasteiger partial charge in [0.15, 0.2) is 0 Å². The lowest BCUT2D eigenvalue weighted by Gasteiger charge is -2.00. The van der Waals surface area contributed by atoms with Crippen LogP contribution in [0.25, 0.3) is 11.3 Å². The first kappa shape index (κ1) is 12.9. The number of hydrogen-bond donors (Lipinski definition) is 1. The van der Waals surface area contributed by atoms with Crippen molar-refractivity contribution in [2.24, 2.45) is 0 Å². The van der Waals surface area contributed by atoms with Crippen LogP contribution in [0.3, 0.4) is 0 Å². The van der Waals surface area contributed by atoms with Gasteiger partial charge >= 0.3 is 5.97 Å². The van der Waals surface area contributed by atoms with Gasteiger partial charge in [-0.15, -0.1) is 0 Å². The van der Waals surface area contributed by atoms with Crippen LogP contribution < -0.4 is 0 Å². The Balaban J connectivity index is 2.41. The van der Waals surface area contributed by atoms with Crippen molar-refractivity contribution in [3.05, 3.63) is 46.1 Å². The number of esters is 1. The van der Waals surface area contributed by atoms with E-state index in [0.717, 1.165) is 21.4 Å². The molecule has 0 saturated heterocycles. The summed E-state index contributed by atoms with van der Waals surface area (Å²) in [7, 11) is 0. The molecule has 0 aliphatic heterocycles. The topological polar surface area (TPSA) is 42.1 Å². The Labute approximate surface area is 114 Å². The van der Waals surface area contributed by atoms with Crippen LogP contribution in [0.2, 0.25) is 0 Å². The second-order valence-electron chi connectivity index (χ2n) is 3.92. The number of hydrogen-bond acceptors (Lipinski definition) is 2. The van der Waals surface area contributed by atoms with Crippen LogP contribution in [0.4, 0.5) is 0 Å². The molecule has 0 radical (unpaired) electrons. The molecule has 3 nitrogen and oxygen atoms in total. The van der Waals surface area contributed by atoms with Crippen LogP contribution >= 0.6 is 15.9 Å². The minimum absolute atomic E-state index is 0.287. The SMILES string of the molecule is CCOC(=O)c1cc(-c2ccccc2Br)[nH]c1C. The van der Waals surface area contributed by atoms with Crippen molar-refractivity contribution in [1.29, 1.82) is 0 Å². The van der Waals surface area contributed by atoms with Gasteiger partial charge in [-0.25, -0.2) is 4.79 Å². The van der Waals surface area contributed by atoms with Crippen molar-refractivity contribution in [1.82, 2.24) is 4.98 Å². The first-order valence-electron chi connectivity index (χ1n) is 5.75. The molecule has 1 N–H and O–H groups in total. The van der Waals surface area contributed by atoms with Crippen molar-refractivity contribution in [2.75, 3.05) is 6.61 Å². The lowest BCUT2D eigenvalue weighted by Crippen LogP contribution is -2.04. The van der Waals surface area contributed by atoms with E-state index >= 15 is 0 Å². The molecule has 94 valence electrons. The number of carbonyl (C=O) groups is 1. The van der Waals surface area contributed by atoms with E-state index in [4.69, 9.17) is 4.74 Å². The lowest BCUT2D eigenvalue weighted by molar-refractivity contribution is 0.0526. The van der Waals surface area contributed by atoms with Gasteiger partial charge in [0.2, 0.25) is 0 Å². The Morgan fingerprint density at radius 3 is 2.78 bits per heavy atom. The molecule has 4 heteroatoms. The van der Waals surface area contributed by atoms with Crippen LogP contribution in [0.5, 0.6) is 0 Å². The van der Waals surface area contributed by atoms with E-state index in [9.17, 15) is 4.79 Å². The fraction of sp³-hybridized carbons (Fsp3) is 0.214. The van der Waals surface area contributed by atoms with Crippen molar-refractivity contribution >= 4 is 21.9 Å². The molecule has 0 aliphatic rings. The van der Waals surface area contributed by atoms with Crippen LogP contribution in [0, 0.1) is 6.92 Å². The minimum Gasteiger partial charge on any atom is -0.462 e. The zero-order valence-corrected chi connectivity index (χ0v) is 11.9. The summed E-state index contributed by atoms with van der Waals surface area (Å²) in [5.41, 5.74) is 3.33. The highest BCUT2D eigenvalue weighted by atomic mass is 79.9. The predicted octanol–water partition coefficient (Wildman–Crippen LogP) is 3.93. The van der Waals surface area contributed by atoms with Crippen LogP contribution in [-0.2, 0) is 4.74 Å². The Kier molecular flexibility index (Phi) is 3.87. The van der Waals surface area contributed by atoms with E-state index in [2.05, 4.69) is 20.9 Å². The molecule has 1 heterocycles. The number of carbonyl (C=O) groups excluding carboxylic acids is 1. The zero-order chi connectivity index (χ0) is 13.1. The van der Waals surface area contributed by atoms with Gasteiger partial charge < -0.3 is 9.72 Å². The maximum Gasteiger partial charge on any atom is 0.339 e. The number of H-pyrrole nitrogens is 1. The number of aryl methyl sites for hydroxylation is 1. The molecule has 1 aromatic carbocycles. The molecule has 0 atom stereocenters. The summed E-state index contributed by atoms with van der Waals surface area (Å²) in [5, 5.41) is 0. The largest absolute Gasteiger partial charge is 0.462 e. The fourth-order valence-electron chi connectivity index (χ4n) is 1.80. The number of halogens is 1. The first-order chi connectivity index (χ1) is 8.63. The van der Waals surface area contributed by atoms with Crippen LogP contribution in [0.1, 0.15) is 23.0 Å². The number of ether oxygens (including phenoxy) is 1. The molecule has 1 aromatic heterocycles. The minimum atomic E-state index is -0.287. The number of rotatable bonds is 3. The van der Waals surface area contributed by atoms with Crippen molar-refractivity contribution in [3.8, 4) is 11.3 Å². The van der Waals surface area contributed by atoms with Crippen LogP contribution in [0.15, 0.2) is 34.8 Å². The third kappa shape index (κ3) is 2.48. The summed E-state index contributed by atoms with van der Waals surface area (Å²) in [5.74, 6) is -0.287. The van der Waals surface area contributed by atoms with Gasteiger partial charge in [0.1, 0.15) is 0 Å². The van der Waals surface area contributed by atoms with Gasteiger partial charge in [0.05, 0.1) is 12.2 Å². The van der Waals surface area contributed by atoms with Gasteiger partial charge in [0.25, 0.3) is 0 Å². The Hall–Kier alpha value is -1.55. The molecule has 0 spiro atoms. The fourth-order valence-corrected chi connectivity index (χ4v) is 2.30. The maximum absolute atomic E-state index is 11.7. The van der Waals surface area contributed by atoms with Crippen molar-refractivity contribution in [2.45, 2.75) is 13.8 Å². The van der Waals surface area contributed by atoms with E-state index in [1.165, 1.54) is 0 Å². The standard InChI is InChI=1S/C14H14BrNO2/c1-3-18-14(17)11-8-13(16-9(11)2)10-6-4-5-7-12(10)15/h4-8,16H,3H2,1-2H3. The quantitative estimate of drug-likeness (QED) is 0.873. The highest BCUT2D eigenvalue weighted by Gasteiger charge is 2.15. The van der Waals surface area contributed by atoms with Gasteiger partial charge in [0, 0.05) is 21.4 Å². The Morgan fingerprint density at radius 1 is 1.39 bits per heavy atom. The third-order valence-electron chi connectivity index (χ3n) is 2.67. The number of benzene rings is 1. The van der Waals surface area contributed by atoms with Gasteiger partial charge in [-0.2, -0.15) is 0 Å². The molecule has 0 unspecified atom stereocenters. The Bertz CT molecular complexity index is 575. The first-order valence-corrected chi connectivity index (χ1v) is 6.54. The summed E-state index contributed by atoms with van der Waals surface area (Å²) in [6.45, 7) is 4.05. The Morgan fingerprint density at radius 2 is 2.11 bits per heavy atom.